The Bertz CT molecular complexity index is 1610. The van der Waals surface area contributed by atoms with Crippen LogP contribution in [0.25, 0.3) is 43.8 Å². The maximum atomic E-state index is 2.55. The Labute approximate surface area is 176 Å². The Morgan fingerprint density at radius 1 is 0.867 bits per heavy atom. The Balaban J connectivity index is 1.86. The monoisotopic (exact) mass is 389 g/mol. The van der Waals surface area contributed by atoms with Crippen molar-refractivity contribution in [2.75, 3.05) is 0 Å². The average molecular weight is 390 g/mol. The van der Waals surface area contributed by atoms with Crippen LogP contribution in [0, 0.1) is 20.8 Å². The van der Waals surface area contributed by atoms with Crippen LogP contribution >= 0.6 is 0 Å². The van der Waals surface area contributed by atoms with Crippen LogP contribution < -0.4 is 4.57 Å². The van der Waals surface area contributed by atoms with Crippen LogP contribution in [-0.4, -0.2) is 4.57 Å². The molecule has 5 aromatic rings. The third-order valence-corrected chi connectivity index (χ3v) is 7.74. The molecule has 1 aliphatic heterocycles. The zero-order chi connectivity index (χ0) is 20.5. The van der Waals surface area contributed by atoms with Gasteiger partial charge in [-0.05, 0) is 61.0 Å². The number of nitrogens with zero attached hydrogens (tertiary/aromatic N) is 2. The Morgan fingerprint density at radius 2 is 1.70 bits per heavy atom. The highest BCUT2D eigenvalue weighted by molar-refractivity contribution is 6.23. The number of rotatable bonds is 0. The summed E-state index contributed by atoms with van der Waals surface area (Å²) in [4.78, 5) is 0. The molecule has 0 unspecified atom stereocenters. The number of benzene rings is 3. The van der Waals surface area contributed by atoms with E-state index < -0.39 is 0 Å². The van der Waals surface area contributed by atoms with Crippen LogP contribution in [0.1, 0.15) is 41.7 Å². The van der Waals surface area contributed by atoms with E-state index in [0.717, 1.165) is 6.67 Å². The fraction of sp³-hybridized carbons (Fsp3) is 0.250. The second-order valence-electron chi connectivity index (χ2n) is 9.91. The van der Waals surface area contributed by atoms with Gasteiger partial charge in [-0.3, -0.25) is 4.57 Å². The molecular weight excluding hydrogens is 364 g/mol. The molecule has 0 bridgehead atoms. The Kier molecular flexibility index (Phi) is 2.74. The first kappa shape index (κ1) is 16.6. The van der Waals surface area contributed by atoms with Crippen molar-refractivity contribution >= 4 is 32.6 Å². The molecule has 7 rings (SSSR count). The smallest absolute Gasteiger partial charge is 0.228 e. The minimum absolute atomic E-state index is 0.0206. The van der Waals surface area contributed by atoms with Crippen molar-refractivity contribution in [2.24, 2.45) is 0 Å². The van der Waals surface area contributed by atoms with Crippen molar-refractivity contribution in [3.63, 3.8) is 0 Å². The first-order valence-corrected chi connectivity index (χ1v) is 10.9. The summed E-state index contributed by atoms with van der Waals surface area (Å²) in [6, 6.07) is 16.4. The summed E-state index contributed by atoms with van der Waals surface area (Å²) in [5.41, 5.74) is 12.7. The number of hydrogen-bond acceptors (Lipinski definition) is 0. The molecule has 0 radical (unpaired) electrons. The van der Waals surface area contributed by atoms with Crippen LogP contribution in [0.4, 0.5) is 0 Å². The lowest BCUT2D eigenvalue weighted by Gasteiger charge is -2.22. The molecule has 2 aromatic heterocycles. The minimum atomic E-state index is 0.0206. The van der Waals surface area contributed by atoms with Crippen molar-refractivity contribution in [1.82, 2.24) is 4.57 Å². The molecule has 0 saturated heterocycles. The van der Waals surface area contributed by atoms with Crippen molar-refractivity contribution in [3.05, 3.63) is 76.5 Å². The van der Waals surface area contributed by atoms with Gasteiger partial charge in [-0.2, -0.15) is 4.57 Å². The van der Waals surface area contributed by atoms with Gasteiger partial charge in [0.2, 0.25) is 12.4 Å². The molecule has 30 heavy (non-hydrogen) atoms. The molecule has 3 heterocycles. The zero-order valence-electron chi connectivity index (χ0n) is 18.2. The van der Waals surface area contributed by atoms with Crippen molar-refractivity contribution in [1.29, 1.82) is 0 Å². The second kappa shape index (κ2) is 4.95. The lowest BCUT2D eigenvalue weighted by Crippen LogP contribution is -2.39. The van der Waals surface area contributed by atoms with E-state index in [1.54, 1.807) is 0 Å². The molecule has 0 atom stereocenters. The number of fused-ring (bicyclic) bond motifs is 3. The fourth-order valence-electron chi connectivity index (χ4n) is 6.45. The molecule has 0 fully saturated rings. The molecule has 0 saturated carbocycles. The molecule has 0 amide bonds. The zero-order valence-corrected chi connectivity index (χ0v) is 18.2. The van der Waals surface area contributed by atoms with Crippen molar-refractivity contribution < 1.29 is 4.57 Å². The lowest BCUT2D eigenvalue weighted by molar-refractivity contribution is -0.689. The van der Waals surface area contributed by atoms with Gasteiger partial charge in [-0.15, -0.1) is 0 Å². The summed E-state index contributed by atoms with van der Waals surface area (Å²) in [5.74, 6) is 0. The normalized spacial score (nSPS) is 15.6. The largest absolute Gasteiger partial charge is 0.284 e. The van der Waals surface area contributed by atoms with Crippen molar-refractivity contribution in [3.8, 4) is 11.3 Å². The van der Waals surface area contributed by atoms with Gasteiger partial charge in [0.25, 0.3) is 0 Å². The first-order valence-electron chi connectivity index (χ1n) is 10.9. The molecule has 2 nitrogen and oxygen atoms in total. The molecule has 2 heteroatoms. The highest BCUT2D eigenvalue weighted by atomic mass is 15.2. The fourth-order valence-corrected chi connectivity index (χ4v) is 6.45. The maximum Gasteiger partial charge on any atom is 0.228 e. The number of aryl methyl sites for hydroxylation is 3. The molecular formula is C28H25N2+. The van der Waals surface area contributed by atoms with Crippen LogP contribution in [0.2, 0.25) is 0 Å². The van der Waals surface area contributed by atoms with Gasteiger partial charge >= 0.3 is 0 Å². The number of hydrogen-bond donors (Lipinski definition) is 0. The molecule has 146 valence electrons. The van der Waals surface area contributed by atoms with E-state index in [4.69, 9.17) is 0 Å². The van der Waals surface area contributed by atoms with E-state index in [9.17, 15) is 0 Å². The third kappa shape index (κ3) is 1.68. The summed E-state index contributed by atoms with van der Waals surface area (Å²) in [6.07, 6.45) is 2.29. The van der Waals surface area contributed by atoms with Gasteiger partial charge in [-0.1, -0.05) is 37.6 Å². The van der Waals surface area contributed by atoms with Crippen LogP contribution in [0.3, 0.4) is 0 Å². The van der Waals surface area contributed by atoms with E-state index in [-0.39, 0.29) is 5.41 Å². The van der Waals surface area contributed by atoms with E-state index >= 15 is 0 Å². The molecule has 2 aliphatic rings. The van der Waals surface area contributed by atoms with Crippen LogP contribution in [0.5, 0.6) is 0 Å². The molecule has 0 spiro atoms. The third-order valence-electron chi connectivity index (χ3n) is 7.74. The van der Waals surface area contributed by atoms with Gasteiger partial charge in [0, 0.05) is 33.2 Å². The molecule has 1 aliphatic carbocycles. The lowest BCUT2D eigenvalue weighted by atomic mass is 9.80. The predicted octanol–water partition coefficient (Wildman–Crippen LogP) is 6.29. The van der Waals surface area contributed by atoms with Crippen LogP contribution in [0.15, 0.2) is 48.7 Å². The first-order chi connectivity index (χ1) is 14.4. The standard InChI is InChI=1S/C28H25N2/c1-15-6-9-22-19(12-15)20-13-17(3)18-7-8-21-24-23(18)26(20)30(22)14-29-11-10-16(2)25(27(24)29)28(21,4)5/h6-13H,14H2,1-5H3/q+1. The van der Waals surface area contributed by atoms with E-state index in [0.29, 0.717) is 0 Å². The highest BCUT2D eigenvalue weighted by Crippen LogP contribution is 2.53. The summed E-state index contributed by atoms with van der Waals surface area (Å²) in [5, 5.41) is 5.60. The summed E-state index contributed by atoms with van der Waals surface area (Å²) in [6.45, 7) is 12.4. The summed E-state index contributed by atoms with van der Waals surface area (Å²) in [7, 11) is 0. The SMILES string of the molecule is Cc1ccc2c(c1)c1cc(C)c3ccc4c5c3c1n2C[n+]1ccc(C)c(c1-5)C4(C)C. The van der Waals surface area contributed by atoms with Gasteiger partial charge in [0.1, 0.15) is 0 Å². The van der Waals surface area contributed by atoms with Crippen LogP contribution in [-0.2, 0) is 12.1 Å². The van der Waals surface area contributed by atoms with E-state index in [1.807, 2.05) is 0 Å². The van der Waals surface area contributed by atoms with Gasteiger partial charge < -0.3 is 0 Å². The summed E-state index contributed by atoms with van der Waals surface area (Å²) < 4.78 is 5.04. The number of pyridine rings is 1. The quantitative estimate of drug-likeness (QED) is 0.270. The van der Waals surface area contributed by atoms with Gasteiger partial charge in [-0.25, -0.2) is 0 Å². The minimum Gasteiger partial charge on any atom is -0.284 e. The summed E-state index contributed by atoms with van der Waals surface area (Å²) >= 11 is 0. The Morgan fingerprint density at radius 3 is 2.53 bits per heavy atom. The van der Waals surface area contributed by atoms with Gasteiger partial charge in [0.05, 0.1) is 16.6 Å². The van der Waals surface area contributed by atoms with E-state index in [2.05, 4.69) is 92.4 Å². The number of aromatic nitrogens is 2. The topological polar surface area (TPSA) is 8.81 Å². The maximum absolute atomic E-state index is 2.55. The predicted molar refractivity (Wildman–Crippen MR) is 124 cm³/mol. The van der Waals surface area contributed by atoms with Gasteiger partial charge in [0.15, 0.2) is 6.20 Å². The van der Waals surface area contributed by atoms with E-state index in [1.165, 1.54) is 71.7 Å². The Hall–Kier alpha value is -3.13. The van der Waals surface area contributed by atoms with Crippen molar-refractivity contribution in [2.45, 2.75) is 46.7 Å². The second-order valence-corrected chi connectivity index (χ2v) is 9.91. The average Bonchev–Trinajstić information content (AvgIpc) is 3.07. The molecule has 3 aromatic carbocycles. The molecule has 0 N–H and O–H groups in total. The highest BCUT2D eigenvalue weighted by Gasteiger charge is 2.45.